The average Bonchev–Trinajstić information content (AvgIpc) is 3.55. The molecule has 2 saturated heterocycles. The molecular formula is C28H32FN5O5. The number of aliphatic hydroxyl groups is 1. The summed E-state index contributed by atoms with van der Waals surface area (Å²) in [6.07, 6.45) is 1.20. The van der Waals surface area contributed by atoms with E-state index in [0.29, 0.717) is 43.6 Å². The minimum Gasteiger partial charge on any atom is -0.480 e. The summed E-state index contributed by atoms with van der Waals surface area (Å²) >= 11 is 0. The SMILES string of the molecule is COc1nc2[nH]cc(C(=O)C(=O)N3CC[C@H](O)C3)c2cc1C(=O)N1C[C@H](C)N(Cc2ccc(F)cc2)C[C@H]1C. The van der Waals surface area contributed by atoms with Gasteiger partial charge in [-0.15, -0.1) is 0 Å². The smallest absolute Gasteiger partial charge is 0.295 e. The monoisotopic (exact) mass is 537 g/mol. The number of ketones is 1. The number of β-amino-alcohol motifs (C(OH)–C–C–N with tert-alkyl or cyclic N) is 1. The van der Waals surface area contributed by atoms with Crippen LogP contribution in [-0.4, -0.2) is 98.8 Å². The van der Waals surface area contributed by atoms with E-state index < -0.39 is 17.8 Å². The molecule has 2 N–H and O–H groups in total. The summed E-state index contributed by atoms with van der Waals surface area (Å²) < 4.78 is 18.8. The second-order valence-corrected chi connectivity index (χ2v) is 10.4. The molecule has 11 heteroatoms. The molecule has 0 bridgehead atoms. The van der Waals surface area contributed by atoms with Crippen LogP contribution in [-0.2, 0) is 11.3 Å². The van der Waals surface area contributed by atoms with Crippen LogP contribution in [0.3, 0.4) is 0 Å². The number of benzene rings is 1. The van der Waals surface area contributed by atoms with Crippen molar-refractivity contribution in [2.75, 3.05) is 33.3 Å². The molecule has 2 aromatic heterocycles. The Morgan fingerprint density at radius 1 is 1.10 bits per heavy atom. The van der Waals surface area contributed by atoms with Crippen molar-refractivity contribution in [3.63, 3.8) is 0 Å². The first-order chi connectivity index (χ1) is 18.7. The molecule has 5 rings (SSSR count). The fourth-order valence-corrected chi connectivity index (χ4v) is 5.39. The lowest BCUT2D eigenvalue weighted by Gasteiger charge is -2.44. The first-order valence-corrected chi connectivity index (χ1v) is 13.0. The Labute approximate surface area is 225 Å². The highest BCUT2D eigenvalue weighted by molar-refractivity contribution is 6.44. The maximum atomic E-state index is 13.8. The Morgan fingerprint density at radius 2 is 1.85 bits per heavy atom. The standard InChI is InChI=1S/C28H32FN5O5/c1-16-13-34(17(2)12-33(16)14-18-4-6-19(29)7-5-18)27(37)22-10-21-23(11-30-25(21)31-26(22)39-3)24(36)28(38)32-9-8-20(35)15-32/h4-7,10-11,16-17,20,35H,8-9,12-15H2,1-3H3,(H,30,31)/t16-,17+,20-/m0/s1. The molecule has 10 nitrogen and oxygen atoms in total. The summed E-state index contributed by atoms with van der Waals surface area (Å²) in [6.45, 7) is 6.15. The Hall–Kier alpha value is -3.83. The normalized spacial score (nSPS) is 21.9. The highest BCUT2D eigenvalue weighted by Gasteiger charge is 2.35. The molecule has 2 aliphatic heterocycles. The lowest BCUT2D eigenvalue weighted by molar-refractivity contribution is -0.125. The predicted molar refractivity (Wildman–Crippen MR) is 141 cm³/mol. The molecule has 0 radical (unpaired) electrons. The van der Waals surface area contributed by atoms with E-state index >= 15 is 0 Å². The van der Waals surface area contributed by atoms with Gasteiger partial charge in [0.05, 0.1) is 18.8 Å². The summed E-state index contributed by atoms with van der Waals surface area (Å²) in [4.78, 5) is 52.4. The second kappa shape index (κ2) is 10.7. The number of aromatic amines is 1. The van der Waals surface area contributed by atoms with Crippen molar-refractivity contribution in [1.82, 2.24) is 24.7 Å². The maximum Gasteiger partial charge on any atom is 0.295 e. The van der Waals surface area contributed by atoms with Gasteiger partial charge in [-0.05, 0) is 44.0 Å². The molecule has 1 aromatic carbocycles. The third kappa shape index (κ3) is 5.24. The van der Waals surface area contributed by atoms with Crippen LogP contribution in [0.15, 0.2) is 36.5 Å². The molecule has 206 valence electrons. The number of ether oxygens (including phenoxy) is 1. The Bertz CT molecular complexity index is 1410. The molecule has 3 aromatic rings. The van der Waals surface area contributed by atoms with Crippen LogP contribution in [0.4, 0.5) is 4.39 Å². The van der Waals surface area contributed by atoms with Gasteiger partial charge in [0.2, 0.25) is 5.88 Å². The number of nitrogens with one attached hydrogen (secondary N) is 1. The minimum absolute atomic E-state index is 0.0377. The number of Topliss-reactive ketones (excluding diaryl/α,β-unsaturated/α-hetero) is 1. The van der Waals surface area contributed by atoms with Gasteiger partial charge in [0.1, 0.15) is 17.0 Å². The molecule has 0 unspecified atom stereocenters. The lowest BCUT2D eigenvalue weighted by atomic mass is 10.0. The lowest BCUT2D eigenvalue weighted by Crippen LogP contribution is -2.57. The number of H-pyrrole nitrogens is 1. The van der Waals surface area contributed by atoms with Gasteiger partial charge in [0.15, 0.2) is 0 Å². The van der Waals surface area contributed by atoms with E-state index in [1.165, 1.54) is 30.3 Å². The van der Waals surface area contributed by atoms with Gasteiger partial charge in [-0.25, -0.2) is 4.39 Å². The molecule has 2 fully saturated rings. The quantitative estimate of drug-likeness (QED) is 0.366. The maximum absolute atomic E-state index is 13.8. The van der Waals surface area contributed by atoms with E-state index in [0.717, 1.165) is 5.56 Å². The van der Waals surface area contributed by atoms with Gasteiger partial charge in [-0.2, -0.15) is 4.98 Å². The van der Waals surface area contributed by atoms with Crippen LogP contribution in [0.2, 0.25) is 0 Å². The largest absolute Gasteiger partial charge is 0.480 e. The van der Waals surface area contributed by atoms with Crippen LogP contribution < -0.4 is 4.74 Å². The number of hydrogen-bond acceptors (Lipinski definition) is 7. The number of rotatable bonds is 6. The number of aliphatic hydroxyl groups excluding tert-OH is 1. The number of likely N-dealkylation sites (tertiary alicyclic amines) is 1. The molecule has 2 amide bonds. The number of piperazine rings is 1. The molecule has 39 heavy (non-hydrogen) atoms. The third-order valence-electron chi connectivity index (χ3n) is 7.62. The summed E-state index contributed by atoms with van der Waals surface area (Å²) in [5.41, 5.74) is 1.64. The molecule has 0 saturated carbocycles. The number of fused-ring (bicyclic) bond motifs is 1. The Kier molecular flexibility index (Phi) is 7.37. The highest BCUT2D eigenvalue weighted by atomic mass is 19.1. The summed E-state index contributed by atoms with van der Waals surface area (Å²) in [5, 5.41) is 10.1. The fourth-order valence-electron chi connectivity index (χ4n) is 5.39. The first-order valence-electron chi connectivity index (χ1n) is 13.0. The van der Waals surface area contributed by atoms with Gasteiger partial charge in [0, 0.05) is 56.4 Å². The number of aromatic nitrogens is 2. The topological polar surface area (TPSA) is 119 Å². The van der Waals surface area contributed by atoms with Crippen molar-refractivity contribution >= 4 is 28.6 Å². The van der Waals surface area contributed by atoms with E-state index in [1.54, 1.807) is 23.1 Å². The molecule has 0 spiro atoms. The zero-order chi connectivity index (χ0) is 27.8. The molecule has 0 aliphatic carbocycles. The molecule has 3 atom stereocenters. The van der Waals surface area contributed by atoms with E-state index in [-0.39, 0.29) is 47.4 Å². The van der Waals surface area contributed by atoms with Gasteiger partial charge >= 0.3 is 0 Å². The zero-order valence-electron chi connectivity index (χ0n) is 22.2. The van der Waals surface area contributed by atoms with Crippen LogP contribution >= 0.6 is 0 Å². The molecule has 2 aliphatic rings. The van der Waals surface area contributed by atoms with Crippen LogP contribution in [0.1, 0.15) is 46.5 Å². The minimum atomic E-state index is -0.725. The van der Waals surface area contributed by atoms with Gasteiger partial charge in [-0.3, -0.25) is 19.3 Å². The van der Waals surface area contributed by atoms with Gasteiger partial charge in [0.25, 0.3) is 17.6 Å². The molecule has 4 heterocycles. The molecular weight excluding hydrogens is 505 g/mol. The van der Waals surface area contributed by atoms with Crippen molar-refractivity contribution in [1.29, 1.82) is 0 Å². The number of carbonyl (C=O) groups is 3. The zero-order valence-corrected chi connectivity index (χ0v) is 22.2. The fraction of sp³-hybridized carbons (Fsp3) is 0.429. The highest BCUT2D eigenvalue weighted by Crippen LogP contribution is 2.29. The number of halogens is 1. The van der Waals surface area contributed by atoms with Crippen molar-refractivity contribution in [2.24, 2.45) is 0 Å². The van der Waals surface area contributed by atoms with Crippen molar-refractivity contribution in [3.8, 4) is 5.88 Å². The number of nitrogens with zero attached hydrogens (tertiary/aromatic N) is 4. The van der Waals surface area contributed by atoms with Gasteiger partial charge in [-0.1, -0.05) is 12.1 Å². The summed E-state index contributed by atoms with van der Waals surface area (Å²) in [7, 11) is 1.43. The third-order valence-corrected chi connectivity index (χ3v) is 7.62. The number of carbonyl (C=O) groups excluding carboxylic acids is 3. The van der Waals surface area contributed by atoms with Crippen molar-refractivity contribution < 1.29 is 28.6 Å². The summed E-state index contributed by atoms with van der Waals surface area (Å²) in [6, 6.07) is 7.88. The van der Waals surface area contributed by atoms with Crippen molar-refractivity contribution in [3.05, 3.63) is 59.0 Å². The van der Waals surface area contributed by atoms with Crippen molar-refractivity contribution in [2.45, 2.75) is 45.0 Å². The summed E-state index contributed by atoms with van der Waals surface area (Å²) in [5.74, 6) is -1.86. The second-order valence-electron chi connectivity index (χ2n) is 10.4. The van der Waals surface area contributed by atoms with E-state index in [9.17, 15) is 23.9 Å². The van der Waals surface area contributed by atoms with E-state index in [1.807, 2.05) is 13.8 Å². The Balaban J connectivity index is 1.38. The van der Waals surface area contributed by atoms with Gasteiger partial charge < -0.3 is 24.6 Å². The number of pyridine rings is 1. The number of amides is 2. The number of hydrogen-bond donors (Lipinski definition) is 2. The van der Waals surface area contributed by atoms with E-state index in [4.69, 9.17) is 4.74 Å². The van der Waals surface area contributed by atoms with E-state index in [2.05, 4.69) is 14.9 Å². The Morgan fingerprint density at radius 3 is 2.51 bits per heavy atom. The van der Waals surface area contributed by atoms with Crippen LogP contribution in [0.25, 0.3) is 11.0 Å². The number of methoxy groups -OCH3 is 1. The average molecular weight is 538 g/mol. The van der Waals surface area contributed by atoms with Crippen LogP contribution in [0, 0.1) is 5.82 Å². The van der Waals surface area contributed by atoms with Crippen LogP contribution in [0.5, 0.6) is 5.88 Å². The predicted octanol–water partition coefficient (Wildman–Crippen LogP) is 2.22. The first kappa shape index (κ1) is 26.8.